The van der Waals surface area contributed by atoms with E-state index in [0.717, 1.165) is 40.9 Å². The Kier molecular flexibility index (Phi) is 5.69. The number of nitrogens with one attached hydrogen (secondary N) is 2. The summed E-state index contributed by atoms with van der Waals surface area (Å²) in [6, 6.07) is 9.21. The topological polar surface area (TPSA) is 82.3 Å². The normalized spacial score (nSPS) is 14.1. The summed E-state index contributed by atoms with van der Waals surface area (Å²) in [5, 5.41) is 3.33. The molecular formula is C21H21BrFN3O3S. The van der Waals surface area contributed by atoms with Gasteiger partial charge in [0.1, 0.15) is 5.82 Å². The van der Waals surface area contributed by atoms with Crippen LogP contribution in [0.5, 0.6) is 0 Å². The maximum Gasteiger partial charge on any atom is 0.243 e. The van der Waals surface area contributed by atoms with E-state index in [1.807, 2.05) is 0 Å². The number of aromatic amines is 1. The molecule has 0 saturated carbocycles. The molecule has 0 fully saturated rings. The molecule has 2 N–H and O–H groups in total. The molecule has 6 nitrogen and oxygen atoms in total. The Morgan fingerprint density at radius 2 is 1.97 bits per heavy atom. The van der Waals surface area contributed by atoms with Gasteiger partial charge < -0.3 is 10.3 Å². The number of halogens is 2. The number of nitrogens with zero attached hydrogens (tertiary/aromatic N) is 1. The van der Waals surface area contributed by atoms with E-state index >= 15 is 0 Å². The fraction of sp³-hybridized carbons (Fsp3) is 0.286. The zero-order chi connectivity index (χ0) is 21.5. The molecule has 0 atom stereocenters. The highest BCUT2D eigenvalue weighted by Crippen LogP contribution is 2.31. The Labute approximate surface area is 182 Å². The third-order valence-corrected chi connectivity index (χ3v) is 7.64. The number of carbonyl (C=O) groups excluding carboxylic acids is 1. The zero-order valence-corrected chi connectivity index (χ0v) is 18.7. The first-order chi connectivity index (χ1) is 14.3. The summed E-state index contributed by atoms with van der Waals surface area (Å²) in [4.78, 5) is 15.8. The lowest BCUT2D eigenvalue weighted by Crippen LogP contribution is -2.35. The van der Waals surface area contributed by atoms with Gasteiger partial charge in [-0.3, -0.25) is 4.79 Å². The number of benzene rings is 2. The van der Waals surface area contributed by atoms with Gasteiger partial charge in [0, 0.05) is 28.1 Å². The highest BCUT2D eigenvalue weighted by molar-refractivity contribution is 9.10. The third kappa shape index (κ3) is 4.01. The van der Waals surface area contributed by atoms with Gasteiger partial charge in [0.05, 0.1) is 17.1 Å². The molecule has 1 amide bonds. The van der Waals surface area contributed by atoms with Crippen LogP contribution >= 0.6 is 15.9 Å². The van der Waals surface area contributed by atoms with E-state index in [1.165, 1.54) is 30.4 Å². The van der Waals surface area contributed by atoms with E-state index in [0.29, 0.717) is 4.47 Å². The molecule has 4 rings (SSSR count). The SMILES string of the molecule is CN(CC(=O)Nc1ccc(Br)cc1F)S(=O)(=O)c1ccc2[nH]c3c(c2c1)CCCC3. The minimum Gasteiger partial charge on any atom is -0.358 e. The van der Waals surface area contributed by atoms with Crippen molar-refractivity contribution in [3.8, 4) is 0 Å². The molecule has 1 aromatic heterocycles. The van der Waals surface area contributed by atoms with Crippen molar-refractivity contribution < 1.29 is 17.6 Å². The number of anilines is 1. The van der Waals surface area contributed by atoms with Crippen molar-refractivity contribution >= 4 is 48.5 Å². The number of amides is 1. The van der Waals surface area contributed by atoms with Gasteiger partial charge in [-0.05, 0) is 67.6 Å². The molecule has 1 heterocycles. The van der Waals surface area contributed by atoms with Crippen molar-refractivity contribution in [2.45, 2.75) is 30.6 Å². The molecule has 0 bridgehead atoms. The molecule has 3 aromatic rings. The molecule has 158 valence electrons. The van der Waals surface area contributed by atoms with Crippen molar-refractivity contribution in [3.63, 3.8) is 0 Å². The Morgan fingerprint density at radius 3 is 2.73 bits per heavy atom. The first kappa shape index (κ1) is 21.0. The molecule has 1 aliphatic carbocycles. The van der Waals surface area contributed by atoms with Gasteiger partial charge >= 0.3 is 0 Å². The lowest BCUT2D eigenvalue weighted by atomic mass is 9.96. The second-order valence-electron chi connectivity index (χ2n) is 7.43. The second kappa shape index (κ2) is 8.13. The largest absolute Gasteiger partial charge is 0.358 e. The van der Waals surface area contributed by atoms with E-state index < -0.39 is 28.3 Å². The van der Waals surface area contributed by atoms with Gasteiger partial charge in [-0.2, -0.15) is 4.31 Å². The first-order valence-corrected chi connectivity index (χ1v) is 11.8. The Balaban J connectivity index is 1.54. The van der Waals surface area contributed by atoms with Gasteiger partial charge in [0.25, 0.3) is 0 Å². The molecule has 0 radical (unpaired) electrons. The number of rotatable bonds is 5. The Hall–Kier alpha value is -2.23. The summed E-state index contributed by atoms with van der Waals surface area (Å²) in [6.45, 7) is -0.429. The van der Waals surface area contributed by atoms with Crippen LogP contribution in [0.25, 0.3) is 10.9 Å². The van der Waals surface area contributed by atoms with Crippen LogP contribution in [0, 0.1) is 5.82 Å². The van der Waals surface area contributed by atoms with Gasteiger partial charge in [-0.25, -0.2) is 12.8 Å². The third-order valence-electron chi connectivity index (χ3n) is 5.35. The van der Waals surface area contributed by atoms with Crippen LogP contribution in [-0.2, 0) is 27.7 Å². The number of carbonyl (C=O) groups is 1. The summed E-state index contributed by atoms with van der Waals surface area (Å²) >= 11 is 3.15. The molecule has 0 unspecified atom stereocenters. The fourth-order valence-corrected chi connectivity index (χ4v) is 5.28. The number of hydrogen-bond acceptors (Lipinski definition) is 3. The van der Waals surface area contributed by atoms with Crippen molar-refractivity contribution in [3.05, 3.63) is 57.9 Å². The van der Waals surface area contributed by atoms with Crippen molar-refractivity contribution in [2.75, 3.05) is 18.9 Å². The van der Waals surface area contributed by atoms with Gasteiger partial charge in [-0.15, -0.1) is 0 Å². The standard InChI is InChI=1S/C21H21BrFN3O3S/c1-26(12-21(27)25-20-8-6-13(22)10-17(20)23)30(28,29)14-7-9-19-16(11-14)15-4-2-3-5-18(15)24-19/h6-11,24H,2-5,12H2,1H3,(H,25,27). The number of aromatic nitrogens is 1. The number of H-pyrrole nitrogens is 1. The van der Waals surface area contributed by atoms with Crippen molar-refractivity contribution in [1.82, 2.24) is 9.29 Å². The monoisotopic (exact) mass is 493 g/mol. The molecule has 0 aliphatic heterocycles. The van der Waals surface area contributed by atoms with Crippen molar-refractivity contribution in [2.24, 2.45) is 0 Å². The predicted octanol–water partition coefficient (Wildman–Crippen LogP) is 4.21. The lowest BCUT2D eigenvalue weighted by Gasteiger charge is -2.17. The number of aryl methyl sites for hydroxylation is 2. The molecule has 2 aromatic carbocycles. The smallest absolute Gasteiger partial charge is 0.243 e. The van der Waals surface area contributed by atoms with Crippen LogP contribution in [0.2, 0.25) is 0 Å². The predicted molar refractivity (Wildman–Crippen MR) is 117 cm³/mol. The molecule has 30 heavy (non-hydrogen) atoms. The lowest BCUT2D eigenvalue weighted by molar-refractivity contribution is -0.116. The van der Waals surface area contributed by atoms with Gasteiger partial charge in [0.15, 0.2) is 0 Å². The molecule has 1 aliphatic rings. The summed E-state index contributed by atoms with van der Waals surface area (Å²) in [5.41, 5.74) is 3.27. The van der Waals surface area contributed by atoms with Crippen LogP contribution in [0.1, 0.15) is 24.1 Å². The van der Waals surface area contributed by atoms with E-state index in [4.69, 9.17) is 0 Å². The van der Waals surface area contributed by atoms with E-state index in [9.17, 15) is 17.6 Å². The summed E-state index contributed by atoms with van der Waals surface area (Å²) in [5.74, 6) is -1.23. The molecule has 9 heteroatoms. The van der Waals surface area contributed by atoms with E-state index in [-0.39, 0.29) is 10.6 Å². The van der Waals surface area contributed by atoms with Crippen LogP contribution in [0.15, 0.2) is 45.8 Å². The summed E-state index contributed by atoms with van der Waals surface area (Å²) in [6.07, 6.45) is 4.11. The average Bonchev–Trinajstić information content (AvgIpc) is 3.08. The maximum atomic E-state index is 13.9. The van der Waals surface area contributed by atoms with E-state index in [2.05, 4.69) is 26.2 Å². The van der Waals surface area contributed by atoms with Crippen LogP contribution < -0.4 is 5.32 Å². The highest BCUT2D eigenvalue weighted by Gasteiger charge is 2.25. The number of hydrogen-bond donors (Lipinski definition) is 2. The van der Waals surface area contributed by atoms with Gasteiger partial charge in [0.2, 0.25) is 15.9 Å². The summed E-state index contributed by atoms with van der Waals surface area (Å²) in [7, 11) is -2.54. The second-order valence-corrected chi connectivity index (χ2v) is 10.4. The Morgan fingerprint density at radius 1 is 1.20 bits per heavy atom. The number of likely N-dealkylation sites (N-methyl/N-ethyl adjacent to an activating group) is 1. The van der Waals surface area contributed by atoms with E-state index in [1.54, 1.807) is 24.3 Å². The molecule has 0 saturated heterocycles. The van der Waals surface area contributed by atoms with Crippen LogP contribution in [0.3, 0.4) is 0 Å². The molecule has 0 spiro atoms. The zero-order valence-electron chi connectivity index (χ0n) is 16.3. The minimum atomic E-state index is -3.88. The number of sulfonamides is 1. The highest BCUT2D eigenvalue weighted by atomic mass is 79.9. The van der Waals surface area contributed by atoms with Crippen LogP contribution in [-0.4, -0.2) is 37.2 Å². The number of fused-ring (bicyclic) bond motifs is 3. The molecular weight excluding hydrogens is 473 g/mol. The fourth-order valence-electron chi connectivity index (χ4n) is 3.79. The van der Waals surface area contributed by atoms with Crippen molar-refractivity contribution in [1.29, 1.82) is 0 Å². The maximum absolute atomic E-state index is 13.9. The quantitative estimate of drug-likeness (QED) is 0.558. The first-order valence-electron chi connectivity index (χ1n) is 9.60. The van der Waals surface area contributed by atoms with Gasteiger partial charge in [-0.1, -0.05) is 15.9 Å². The summed E-state index contributed by atoms with van der Waals surface area (Å²) < 4.78 is 41.5. The minimum absolute atomic E-state index is 0.00521. The van der Waals surface area contributed by atoms with Crippen LogP contribution in [0.4, 0.5) is 10.1 Å². The Bertz CT molecular complexity index is 1240. The average molecular weight is 494 g/mol.